The number of pyridine rings is 1. The minimum Gasteiger partial charge on any atom is -0.482 e. The number of nitrogens with zero attached hydrogens (tertiary/aromatic N) is 2. The molecule has 1 amide bonds. The second kappa shape index (κ2) is 10.6. The molecule has 8 heteroatoms. The Kier molecular flexibility index (Phi) is 7.13. The van der Waals surface area contributed by atoms with Gasteiger partial charge in [0.1, 0.15) is 5.75 Å². The van der Waals surface area contributed by atoms with Crippen LogP contribution in [-0.4, -0.2) is 60.8 Å². The molecule has 0 bridgehead atoms. The van der Waals surface area contributed by atoms with Gasteiger partial charge in [0.2, 0.25) is 5.88 Å². The Morgan fingerprint density at radius 1 is 1.29 bits per heavy atom. The van der Waals surface area contributed by atoms with Crippen molar-refractivity contribution in [3.63, 3.8) is 0 Å². The average molecular weight is 477 g/mol. The smallest absolute Gasteiger partial charge is 0.262 e. The van der Waals surface area contributed by atoms with Gasteiger partial charge in [-0.25, -0.2) is 4.98 Å². The lowest BCUT2D eigenvalue weighted by Gasteiger charge is -2.34. The largest absolute Gasteiger partial charge is 0.482 e. The van der Waals surface area contributed by atoms with Crippen LogP contribution in [0, 0.1) is 5.92 Å². The summed E-state index contributed by atoms with van der Waals surface area (Å²) in [5.41, 5.74) is 3.47. The zero-order valence-corrected chi connectivity index (χ0v) is 20.0. The number of ether oxygens (including phenoxy) is 2. The molecule has 0 aliphatic carbocycles. The number of amides is 1. The number of fused-ring (bicyclic) bond motifs is 2. The molecule has 35 heavy (non-hydrogen) atoms. The Morgan fingerprint density at radius 2 is 2.20 bits per heavy atom. The third-order valence-electron chi connectivity index (χ3n) is 6.77. The second-order valence-electron chi connectivity index (χ2n) is 9.35. The zero-order chi connectivity index (χ0) is 24.2. The SMILES string of the molecule is COc1ccc2cccc(C(O)CN3CCCC(CNCc4ccc5c(c4)NC(=O)CO5)C3)c2n1. The van der Waals surface area contributed by atoms with E-state index in [4.69, 9.17) is 9.47 Å². The van der Waals surface area contributed by atoms with E-state index >= 15 is 0 Å². The lowest BCUT2D eigenvalue weighted by atomic mass is 9.96. The molecule has 3 N–H and O–H groups in total. The number of carbonyl (C=O) groups excluding carboxylic acids is 1. The number of likely N-dealkylation sites (tertiary alicyclic amines) is 1. The lowest BCUT2D eigenvalue weighted by Crippen LogP contribution is -2.41. The van der Waals surface area contributed by atoms with Crippen LogP contribution in [0.25, 0.3) is 10.9 Å². The van der Waals surface area contributed by atoms with Crippen LogP contribution in [0.4, 0.5) is 5.69 Å². The summed E-state index contributed by atoms with van der Waals surface area (Å²) in [4.78, 5) is 18.5. The van der Waals surface area contributed by atoms with Gasteiger partial charge in [-0.1, -0.05) is 24.3 Å². The molecule has 2 unspecified atom stereocenters. The molecule has 8 nitrogen and oxygen atoms in total. The molecular formula is C27H32N4O4. The van der Waals surface area contributed by atoms with Crippen LogP contribution in [0.5, 0.6) is 11.6 Å². The van der Waals surface area contributed by atoms with Crippen LogP contribution in [0.3, 0.4) is 0 Å². The average Bonchev–Trinajstić information content (AvgIpc) is 2.88. The van der Waals surface area contributed by atoms with Crippen LogP contribution >= 0.6 is 0 Å². The van der Waals surface area contributed by atoms with Gasteiger partial charge in [0, 0.05) is 36.7 Å². The van der Waals surface area contributed by atoms with Gasteiger partial charge < -0.3 is 30.1 Å². The van der Waals surface area contributed by atoms with Crippen molar-refractivity contribution in [2.75, 3.05) is 45.2 Å². The van der Waals surface area contributed by atoms with Crippen molar-refractivity contribution in [1.82, 2.24) is 15.2 Å². The Hall–Kier alpha value is -3.20. The highest BCUT2D eigenvalue weighted by molar-refractivity contribution is 5.95. The molecule has 2 aromatic carbocycles. The molecule has 5 rings (SSSR count). The number of methoxy groups -OCH3 is 1. The number of aliphatic hydroxyl groups excluding tert-OH is 1. The van der Waals surface area contributed by atoms with Gasteiger partial charge in [-0.15, -0.1) is 0 Å². The molecular weight excluding hydrogens is 444 g/mol. The van der Waals surface area contributed by atoms with Crippen molar-refractivity contribution in [2.45, 2.75) is 25.5 Å². The van der Waals surface area contributed by atoms with Crippen molar-refractivity contribution in [2.24, 2.45) is 5.92 Å². The quantitative estimate of drug-likeness (QED) is 0.460. The lowest BCUT2D eigenvalue weighted by molar-refractivity contribution is -0.118. The molecule has 1 aromatic heterocycles. The van der Waals surface area contributed by atoms with Crippen LogP contribution in [0.2, 0.25) is 0 Å². The number of hydrogen-bond acceptors (Lipinski definition) is 7. The highest BCUT2D eigenvalue weighted by Crippen LogP contribution is 2.29. The first-order valence-electron chi connectivity index (χ1n) is 12.2. The number of nitrogens with one attached hydrogen (secondary N) is 2. The molecule has 1 saturated heterocycles. The fraction of sp³-hybridized carbons (Fsp3) is 0.407. The molecule has 1 fully saturated rings. The van der Waals surface area contributed by atoms with Crippen LogP contribution < -0.4 is 20.1 Å². The summed E-state index contributed by atoms with van der Waals surface area (Å²) in [6, 6.07) is 15.6. The van der Waals surface area contributed by atoms with E-state index in [0.717, 1.165) is 66.1 Å². The number of para-hydroxylation sites is 1. The summed E-state index contributed by atoms with van der Waals surface area (Å²) in [6.07, 6.45) is 1.67. The van der Waals surface area contributed by atoms with E-state index in [0.29, 0.717) is 18.3 Å². The Balaban J connectivity index is 1.15. The summed E-state index contributed by atoms with van der Waals surface area (Å²) >= 11 is 0. The Bertz CT molecular complexity index is 1200. The molecule has 3 heterocycles. The topological polar surface area (TPSA) is 96.0 Å². The van der Waals surface area contributed by atoms with Crippen molar-refractivity contribution in [3.05, 3.63) is 59.7 Å². The number of aliphatic hydroxyl groups is 1. The summed E-state index contributed by atoms with van der Waals surface area (Å²) < 4.78 is 10.7. The predicted molar refractivity (Wildman–Crippen MR) is 135 cm³/mol. The summed E-state index contributed by atoms with van der Waals surface area (Å²) in [5.74, 6) is 1.66. The number of β-amino-alcohol motifs (C(OH)–C–C–N with tert-alkyl or cyclic N) is 1. The monoisotopic (exact) mass is 476 g/mol. The minimum absolute atomic E-state index is 0.0721. The highest BCUT2D eigenvalue weighted by Gasteiger charge is 2.23. The fourth-order valence-electron chi connectivity index (χ4n) is 5.02. The van der Waals surface area contributed by atoms with Gasteiger partial charge in [0.25, 0.3) is 5.91 Å². The van der Waals surface area contributed by atoms with Crippen molar-refractivity contribution >= 4 is 22.5 Å². The van der Waals surface area contributed by atoms with E-state index < -0.39 is 6.10 Å². The zero-order valence-electron chi connectivity index (χ0n) is 20.0. The van der Waals surface area contributed by atoms with E-state index in [1.54, 1.807) is 7.11 Å². The van der Waals surface area contributed by atoms with Crippen molar-refractivity contribution in [1.29, 1.82) is 0 Å². The summed E-state index contributed by atoms with van der Waals surface area (Å²) in [5, 5.41) is 18.5. The molecule has 184 valence electrons. The Morgan fingerprint density at radius 3 is 3.09 bits per heavy atom. The van der Waals surface area contributed by atoms with Crippen molar-refractivity contribution < 1.29 is 19.4 Å². The van der Waals surface area contributed by atoms with Crippen LogP contribution in [0.15, 0.2) is 48.5 Å². The van der Waals surface area contributed by atoms with Gasteiger partial charge in [-0.3, -0.25) is 4.79 Å². The number of piperidine rings is 1. The van der Waals surface area contributed by atoms with E-state index in [9.17, 15) is 9.90 Å². The van der Waals surface area contributed by atoms with Gasteiger partial charge in [0.05, 0.1) is 24.4 Å². The molecule has 0 saturated carbocycles. The molecule has 2 aliphatic heterocycles. The standard InChI is InChI=1S/C27H32N4O4/c1-34-26-10-8-20-5-2-6-21(27(20)30-26)23(32)16-31-11-3-4-19(15-31)14-28-13-18-7-9-24-22(12-18)29-25(33)17-35-24/h2,5-10,12,19,23,28,32H,3-4,11,13-17H2,1H3,(H,29,33). The third-order valence-corrected chi connectivity index (χ3v) is 6.77. The normalized spacial score (nSPS) is 19.0. The van der Waals surface area contributed by atoms with Gasteiger partial charge in [0.15, 0.2) is 6.61 Å². The first kappa shape index (κ1) is 23.5. The van der Waals surface area contributed by atoms with Crippen LogP contribution in [-0.2, 0) is 11.3 Å². The molecule has 2 atom stereocenters. The molecule has 0 spiro atoms. The maximum absolute atomic E-state index is 11.6. The fourth-order valence-corrected chi connectivity index (χ4v) is 5.02. The van der Waals surface area contributed by atoms with E-state index in [1.807, 2.05) is 48.5 Å². The van der Waals surface area contributed by atoms with Gasteiger partial charge >= 0.3 is 0 Å². The minimum atomic E-state index is -0.613. The number of carbonyl (C=O) groups is 1. The summed E-state index contributed by atoms with van der Waals surface area (Å²) in [6.45, 7) is 4.21. The predicted octanol–water partition coefficient (Wildman–Crippen LogP) is 3.11. The third kappa shape index (κ3) is 5.56. The van der Waals surface area contributed by atoms with E-state index in [1.165, 1.54) is 6.42 Å². The maximum Gasteiger partial charge on any atom is 0.262 e. The Labute approximate surface area is 205 Å². The molecule has 2 aliphatic rings. The number of benzene rings is 2. The maximum atomic E-state index is 11.6. The molecule has 0 radical (unpaired) electrons. The first-order valence-corrected chi connectivity index (χ1v) is 12.2. The summed E-state index contributed by atoms with van der Waals surface area (Å²) in [7, 11) is 1.60. The number of rotatable bonds is 8. The van der Waals surface area contributed by atoms with Crippen LogP contribution in [0.1, 0.15) is 30.1 Å². The molecule has 3 aromatic rings. The van der Waals surface area contributed by atoms with E-state index in [2.05, 4.69) is 20.5 Å². The number of anilines is 1. The van der Waals surface area contributed by atoms with Crippen molar-refractivity contribution in [3.8, 4) is 11.6 Å². The number of hydrogen-bond donors (Lipinski definition) is 3. The highest BCUT2D eigenvalue weighted by atomic mass is 16.5. The van der Waals surface area contributed by atoms with Gasteiger partial charge in [-0.05, 0) is 55.6 Å². The first-order chi connectivity index (χ1) is 17.1. The second-order valence-corrected chi connectivity index (χ2v) is 9.35. The van der Waals surface area contributed by atoms with Gasteiger partial charge in [-0.2, -0.15) is 0 Å². The van der Waals surface area contributed by atoms with E-state index in [-0.39, 0.29) is 12.5 Å². The number of aromatic nitrogens is 1.